The molecule has 2 saturated heterocycles. The first-order valence-electron chi connectivity index (χ1n) is 15.4. The molecule has 256 valence electrons. The van der Waals surface area contributed by atoms with E-state index in [-0.39, 0.29) is 109 Å². The Morgan fingerprint density at radius 1 is 1.13 bits per heavy atom. The molecule has 2 fully saturated rings. The smallest absolute Gasteiger partial charge is 1.00 e. The van der Waals surface area contributed by atoms with Crippen molar-refractivity contribution in [3.63, 3.8) is 0 Å². The van der Waals surface area contributed by atoms with Crippen LogP contribution in [0.25, 0.3) is 0 Å². The van der Waals surface area contributed by atoms with Crippen LogP contribution in [0.1, 0.15) is 33.7 Å². The number of alkyl carbamates (subject to hydrolysis) is 1. The zero-order valence-electron chi connectivity index (χ0n) is 27.9. The number of sulfonamides is 1. The van der Waals surface area contributed by atoms with Crippen molar-refractivity contribution in [2.75, 3.05) is 46.3 Å². The third kappa shape index (κ3) is 10.2. The number of nitrogens with one attached hydrogen (secondary N) is 1. The number of thiol groups is 1. The van der Waals surface area contributed by atoms with Crippen molar-refractivity contribution in [3.05, 3.63) is 48.0 Å². The molecule has 1 unspecified atom stereocenters. The number of nitrogens with zero attached hydrogens (tertiary/aromatic N) is 1. The Labute approximate surface area is 325 Å². The van der Waals surface area contributed by atoms with Gasteiger partial charge in [0.1, 0.15) is 11.9 Å². The maximum absolute atomic E-state index is 14.2. The molecule has 0 aliphatic carbocycles. The van der Waals surface area contributed by atoms with Crippen LogP contribution in [-0.4, -0.2) is 94.8 Å². The van der Waals surface area contributed by atoms with Gasteiger partial charge in [0.05, 0.1) is 49.4 Å². The van der Waals surface area contributed by atoms with Crippen molar-refractivity contribution in [1.29, 1.82) is 0 Å². The predicted molar refractivity (Wildman–Crippen MR) is 169 cm³/mol. The summed E-state index contributed by atoms with van der Waals surface area (Å²) in [6.45, 7) is 5.33. The van der Waals surface area contributed by atoms with Crippen molar-refractivity contribution < 1.29 is 104 Å². The van der Waals surface area contributed by atoms with Gasteiger partial charge < -0.3 is 44.5 Å². The van der Waals surface area contributed by atoms with E-state index in [1.54, 1.807) is 18.2 Å². The molecule has 2 aromatic carbocycles. The van der Waals surface area contributed by atoms with Crippen LogP contribution < -0.4 is 70.9 Å². The van der Waals surface area contributed by atoms with Gasteiger partial charge in [0.15, 0.2) is 17.8 Å². The number of hydrogen-bond acceptors (Lipinski definition) is 12. The van der Waals surface area contributed by atoms with Gasteiger partial charge in [0.25, 0.3) is 0 Å². The van der Waals surface area contributed by atoms with E-state index in [1.165, 1.54) is 16.4 Å². The average Bonchev–Trinajstić information content (AvgIpc) is 3.79. The quantitative estimate of drug-likeness (QED) is 0.0949. The second-order valence-corrected chi connectivity index (χ2v) is 14.0. The number of ether oxygens (including phenoxy) is 6. The van der Waals surface area contributed by atoms with Crippen molar-refractivity contribution in [2.24, 2.45) is 11.8 Å². The zero-order chi connectivity index (χ0) is 32.7. The fourth-order valence-electron chi connectivity index (χ4n) is 5.70. The molecule has 0 saturated carbocycles. The Bertz CT molecular complexity index is 1420. The third-order valence-electron chi connectivity index (χ3n) is 8.03. The summed E-state index contributed by atoms with van der Waals surface area (Å²) >= 11 is 3.73. The Morgan fingerprint density at radius 2 is 1.89 bits per heavy atom. The molecule has 2 N–H and O–H groups in total. The van der Waals surface area contributed by atoms with Gasteiger partial charge in [-0.3, -0.25) is 0 Å². The number of fused-ring (bicyclic) bond motifs is 2. The minimum absolute atomic E-state index is 0. The summed E-state index contributed by atoms with van der Waals surface area (Å²) < 4.78 is 67.8. The number of benzene rings is 2. The van der Waals surface area contributed by atoms with Crippen LogP contribution in [0.15, 0.2) is 47.4 Å². The van der Waals surface area contributed by atoms with Crippen LogP contribution in [-0.2, 0) is 34.8 Å². The van der Waals surface area contributed by atoms with Gasteiger partial charge in [0, 0.05) is 25.6 Å². The first-order valence-corrected chi connectivity index (χ1v) is 17.2. The zero-order valence-corrected chi connectivity index (χ0v) is 31.7. The van der Waals surface area contributed by atoms with Crippen molar-refractivity contribution in [2.45, 2.75) is 62.5 Å². The van der Waals surface area contributed by atoms with E-state index in [9.17, 15) is 18.3 Å². The SMILES string of the molecule is CC(C)CN(C(Cc1ccc(OCCCOS)cc1)[C@H](O)CNC(=O)O[C@H]1CO[C@H]2OCC[C@H]21)S(=O)(=O)c1ccc2c(c1)OCO2.[H-].[K+]. The van der Waals surface area contributed by atoms with E-state index < -0.39 is 34.4 Å². The molecule has 47 heavy (non-hydrogen) atoms. The Morgan fingerprint density at radius 3 is 2.64 bits per heavy atom. The molecule has 13 nitrogen and oxygen atoms in total. The molecule has 5 atom stereocenters. The predicted octanol–water partition coefficient (Wildman–Crippen LogP) is 0.269. The molecule has 0 aromatic heterocycles. The van der Waals surface area contributed by atoms with E-state index in [0.29, 0.717) is 43.5 Å². The number of aliphatic hydroxyl groups is 1. The second kappa shape index (κ2) is 18.2. The van der Waals surface area contributed by atoms with Gasteiger partial charge in [-0.05, 0) is 61.5 Å². The molecule has 0 bridgehead atoms. The summed E-state index contributed by atoms with van der Waals surface area (Å²) in [7, 11) is -4.15. The van der Waals surface area contributed by atoms with Crippen molar-refractivity contribution in [1.82, 2.24) is 9.62 Å². The number of rotatable bonds is 16. The van der Waals surface area contributed by atoms with E-state index >= 15 is 0 Å². The van der Waals surface area contributed by atoms with Gasteiger partial charge in [-0.15, -0.1) is 0 Å². The topological polar surface area (TPSA) is 151 Å². The van der Waals surface area contributed by atoms with E-state index in [0.717, 1.165) is 12.0 Å². The summed E-state index contributed by atoms with van der Waals surface area (Å²) in [6, 6.07) is 10.7. The molecule has 3 aliphatic rings. The summed E-state index contributed by atoms with van der Waals surface area (Å²) in [5.41, 5.74) is 0.766. The maximum atomic E-state index is 14.2. The van der Waals surface area contributed by atoms with Gasteiger partial charge in [-0.1, -0.05) is 26.0 Å². The van der Waals surface area contributed by atoms with Gasteiger partial charge in [0.2, 0.25) is 16.8 Å². The Kier molecular flexibility index (Phi) is 15.0. The Hall–Kier alpha value is -1.15. The van der Waals surface area contributed by atoms with Crippen molar-refractivity contribution in [3.8, 4) is 17.2 Å². The summed E-state index contributed by atoms with van der Waals surface area (Å²) in [5.74, 6) is 1.30. The van der Waals surface area contributed by atoms with E-state index in [2.05, 4.69) is 18.2 Å². The number of hydrogen-bond donors (Lipinski definition) is 3. The van der Waals surface area contributed by atoms with Gasteiger partial charge in [-0.2, -0.15) is 4.31 Å². The molecule has 0 radical (unpaired) electrons. The minimum atomic E-state index is -4.15. The summed E-state index contributed by atoms with van der Waals surface area (Å²) in [5, 5.41) is 14.2. The average molecular weight is 723 g/mol. The molecular formula is C31H43KN2O11S2. The van der Waals surface area contributed by atoms with E-state index in [4.69, 9.17) is 32.6 Å². The third-order valence-corrected chi connectivity index (χ3v) is 10.1. The normalized spacial score (nSPS) is 21.3. The maximum Gasteiger partial charge on any atom is 1.00 e. The monoisotopic (exact) mass is 722 g/mol. The summed E-state index contributed by atoms with van der Waals surface area (Å²) in [6.07, 6.45) is -1.32. The molecule has 3 heterocycles. The van der Waals surface area contributed by atoms with E-state index in [1.807, 2.05) is 26.0 Å². The van der Waals surface area contributed by atoms with Crippen LogP contribution in [0.5, 0.6) is 17.2 Å². The molecule has 1 amide bonds. The first kappa shape index (κ1) is 38.6. The standard InChI is InChI=1S/C31H42N2O11S2.K.H/c1-20(2)17-33(46(36,37)23-8-9-27-28(15-23)42-19-41-27)25(14-21-4-6-22(7-5-21)38-11-3-12-43-45)26(34)16-32-31(35)44-29-18-40-30-24(29)10-13-39-30;;/h4-9,15,20,24-26,29-30,34,45H,3,10-14,16-19H2,1-2H3,(H,32,35);;/q;+1;-1/t24-,25?,26+,29-,30+;;/m0../s1. The minimum Gasteiger partial charge on any atom is -1.00 e. The molecular weight excluding hydrogens is 680 g/mol. The first-order chi connectivity index (χ1) is 22.2. The molecule has 3 aliphatic heterocycles. The molecule has 0 spiro atoms. The molecule has 5 rings (SSSR count). The molecule has 16 heteroatoms. The van der Waals surface area contributed by atoms with Crippen molar-refractivity contribution >= 4 is 29.0 Å². The van der Waals surface area contributed by atoms with Crippen LogP contribution in [0.3, 0.4) is 0 Å². The fourth-order valence-corrected chi connectivity index (χ4v) is 7.66. The number of amides is 1. The van der Waals surface area contributed by atoms with Gasteiger partial charge in [-0.25, -0.2) is 13.2 Å². The van der Waals surface area contributed by atoms with Gasteiger partial charge >= 0.3 is 57.5 Å². The number of carbonyl (C=O) groups is 1. The Balaban J connectivity index is 0.00000312. The summed E-state index contributed by atoms with van der Waals surface area (Å²) in [4.78, 5) is 12.8. The van der Waals surface area contributed by atoms with Crippen LogP contribution in [0.2, 0.25) is 0 Å². The number of aliphatic hydroxyl groups excluding tert-OH is 1. The largest absolute Gasteiger partial charge is 1.00 e. The van der Waals surface area contributed by atoms with Crippen LogP contribution in [0, 0.1) is 11.8 Å². The second-order valence-electron chi connectivity index (χ2n) is 11.9. The fraction of sp³-hybridized carbons (Fsp3) is 0.581. The number of carbonyl (C=O) groups excluding carboxylic acids is 1. The molecule has 2 aromatic rings. The van der Waals surface area contributed by atoms with Crippen LogP contribution in [0.4, 0.5) is 4.79 Å². The van der Waals surface area contributed by atoms with Crippen LogP contribution >= 0.6 is 12.9 Å².